The second kappa shape index (κ2) is 13.0. The number of halogens is 2. The lowest BCUT2D eigenvalue weighted by Crippen LogP contribution is -2.38. The highest BCUT2D eigenvalue weighted by Gasteiger charge is 2.35. The van der Waals surface area contributed by atoms with Gasteiger partial charge in [0, 0.05) is 54.4 Å². The van der Waals surface area contributed by atoms with Gasteiger partial charge in [-0.05, 0) is 49.2 Å². The van der Waals surface area contributed by atoms with E-state index in [0.717, 1.165) is 20.6 Å². The lowest BCUT2D eigenvalue weighted by Gasteiger charge is -2.31. The summed E-state index contributed by atoms with van der Waals surface area (Å²) in [6.07, 6.45) is 0.674. The van der Waals surface area contributed by atoms with Gasteiger partial charge in [-0.2, -0.15) is 14.1 Å². The molecule has 0 atom stereocenters. The maximum atomic E-state index is 16.2. The Balaban J connectivity index is 1.28. The van der Waals surface area contributed by atoms with Crippen LogP contribution in [0.4, 0.5) is 15.9 Å². The molecule has 0 saturated carbocycles. The Morgan fingerprint density at radius 3 is 2.46 bits per heavy atom. The molecule has 6 rings (SSSR count). The first-order valence-corrected chi connectivity index (χ1v) is 17.4. The van der Waals surface area contributed by atoms with Crippen LogP contribution in [-0.4, -0.2) is 62.7 Å². The number of carbonyl (C=O) groups excluding carboxylic acids is 1. The zero-order valence-corrected chi connectivity index (χ0v) is 27.9. The van der Waals surface area contributed by atoms with Crippen molar-refractivity contribution < 1.29 is 22.3 Å². The third-order valence-electron chi connectivity index (χ3n) is 8.24. The predicted molar refractivity (Wildman–Crippen MR) is 181 cm³/mol. The third kappa shape index (κ3) is 5.97. The number of hydrogen-bond acceptors (Lipinski definition) is 8. The van der Waals surface area contributed by atoms with Crippen LogP contribution in [0.25, 0.3) is 10.8 Å². The largest absolute Gasteiger partial charge is 0.496 e. The predicted octanol–water partition coefficient (Wildman–Crippen LogP) is 6.83. The smallest absolute Gasteiger partial charge is 0.283 e. The number of nitrogens with one attached hydrogen (secondary N) is 1. The van der Waals surface area contributed by atoms with E-state index in [1.807, 2.05) is 49.3 Å². The molecule has 13 heteroatoms. The summed E-state index contributed by atoms with van der Waals surface area (Å²) in [5.74, 6) is -1.33. The molecule has 1 saturated heterocycles. The van der Waals surface area contributed by atoms with Crippen LogP contribution < -0.4 is 15.0 Å². The minimum Gasteiger partial charge on any atom is -0.496 e. The summed E-state index contributed by atoms with van der Waals surface area (Å²) in [5, 5.41) is 9.04. The van der Waals surface area contributed by atoms with E-state index in [0.29, 0.717) is 28.3 Å². The van der Waals surface area contributed by atoms with Gasteiger partial charge in [0.15, 0.2) is 11.6 Å². The zero-order valence-electron chi connectivity index (χ0n) is 25.5. The van der Waals surface area contributed by atoms with Gasteiger partial charge < -0.3 is 15.0 Å². The standard InChI is InChI=1S/C33H33ClFN5O4S2/c1-38(2)26-11-6-10-24-23(26)9-7-13-28(24)46(42,43)39-18-16-21(17-19-39)31-30(35)32(36-20-22-14-15-29(34)45-22)40(37-31)33(41)25-8-4-5-12-27(25)44-3/h4-15,21,36H,16-20H2,1-3H3. The summed E-state index contributed by atoms with van der Waals surface area (Å²) >= 11 is 7.44. The third-order valence-corrected chi connectivity index (χ3v) is 11.4. The van der Waals surface area contributed by atoms with Crippen molar-refractivity contribution in [3.8, 4) is 5.75 Å². The normalized spacial score (nSPS) is 14.5. The average Bonchev–Trinajstić information content (AvgIpc) is 3.64. The molecule has 46 heavy (non-hydrogen) atoms. The van der Waals surface area contributed by atoms with Crippen molar-refractivity contribution in [2.24, 2.45) is 0 Å². The molecule has 1 N–H and O–H groups in total. The molecule has 9 nitrogen and oxygen atoms in total. The molecule has 240 valence electrons. The van der Waals surface area contributed by atoms with Crippen molar-refractivity contribution in [3.05, 3.63) is 99.1 Å². The summed E-state index contributed by atoms with van der Waals surface area (Å²) in [5.41, 5.74) is 1.27. The first kappa shape index (κ1) is 32.0. The van der Waals surface area contributed by atoms with Gasteiger partial charge in [-0.1, -0.05) is 48.0 Å². The van der Waals surface area contributed by atoms with Gasteiger partial charge >= 0.3 is 0 Å². The van der Waals surface area contributed by atoms with Gasteiger partial charge in [0.1, 0.15) is 11.4 Å². The van der Waals surface area contributed by atoms with Gasteiger partial charge in [0.05, 0.1) is 28.4 Å². The molecule has 0 unspecified atom stereocenters. The Labute approximate surface area is 276 Å². The van der Waals surface area contributed by atoms with E-state index in [1.54, 1.807) is 42.5 Å². The Bertz CT molecular complexity index is 2020. The lowest BCUT2D eigenvalue weighted by atomic mass is 9.94. The second-order valence-corrected chi connectivity index (χ2v) is 14.9. The first-order chi connectivity index (χ1) is 22.1. The molecular weight excluding hydrogens is 649 g/mol. The van der Waals surface area contributed by atoms with Crippen molar-refractivity contribution in [3.63, 3.8) is 0 Å². The number of hydrogen-bond donors (Lipinski definition) is 1. The summed E-state index contributed by atoms with van der Waals surface area (Å²) in [6.45, 7) is 0.593. The Kier molecular flexibility index (Phi) is 9.06. The Morgan fingerprint density at radius 2 is 1.76 bits per heavy atom. The van der Waals surface area contributed by atoms with E-state index >= 15 is 4.39 Å². The molecule has 5 aromatic rings. The monoisotopic (exact) mass is 681 g/mol. The number of thiophene rings is 1. The van der Waals surface area contributed by atoms with E-state index in [4.69, 9.17) is 16.3 Å². The minimum absolute atomic E-state index is 0.0714. The van der Waals surface area contributed by atoms with Gasteiger partial charge in [-0.3, -0.25) is 4.79 Å². The molecule has 1 fully saturated rings. The summed E-state index contributed by atoms with van der Waals surface area (Å²) in [4.78, 5) is 16.8. The van der Waals surface area contributed by atoms with E-state index in [1.165, 1.54) is 22.8 Å². The van der Waals surface area contributed by atoms with Crippen molar-refractivity contribution in [2.75, 3.05) is 44.5 Å². The highest BCUT2D eigenvalue weighted by molar-refractivity contribution is 7.89. The van der Waals surface area contributed by atoms with Crippen molar-refractivity contribution >= 4 is 61.1 Å². The number of benzene rings is 3. The van der Waals surface area contributed by atoms with Gasteiger partial charge in [-0.15, -0.1) is 11.3 Å². The molecule has 0 amide bonds. The number of piperidine rings is 1. The van der Waals surface area contributed by atoms with E-state index in [2.05, 4.69) is 10.4 Å². The number of carbonyl (C=O) groups is 1. The molecule has 2 aromatic heterocycles. The topological polar surface area (TPSA) is 96.8 Å². The molecule has 0 radical (unpaired) electrons. The number of anilines is 2. The van der Waals surface area contributed by atoms with Crippen LogP contribution in [-0.2, 0) is 16.6 Å². The van der Waals surface area contributed by atoms with Crippen LogP contribution in [0, 0.1) is 5.82 Å². The van der Waals surface area contributed by atoms with Crippen LogP contribution in [0.5, 0.6) is 5.75 Å². The number of nitrogens with zero attached hydrogens (tertiary/aromatic N) is 4. The fourth-order valence-electron chi connectivity index (χ4n) is 5.92. The van der Waals surface area contributed by atoms with Crippen LogP contribution in [0.2, 0.25) is 4.34 Å². The van der Waals surface area contributed by atoms with Gasteiger partial charge in [-0.25, -0.2) is 12.8 Å². The van der Waals surface area contributed by atoms with Crippen LogP contribution >= 0.6 is 22.9 Å². The fraction of sp³-hybridized carbons (Fsp3) is 0.273. The number of ether oxygens (including phenoxy) is 1. The number of aromatic nitrogens is 2. The van der Waals surface area contributed by atoms with Gasteiger partial charge in [0.25, 0.3) is 5.91 Å². The molecule has 0 spiro atoms. The van der Waals surface area contributed by atoms with E-state index in [9.17, 15) is 13.2 Å². The highest BCUT2D eigenvalue weighted by Crippen LogP contribution is 2.37. The molecule has 0 bridgehead atoms. The fourth-order valence-corrected chi connectivity index (χ4v) is 8.62. The molecular formula is C33H33ClFN5O4S2. The maximum Gasteiger partial charge on any atom is 0.283 e. The number of fused-ring (bicyclic) bond motifs is 1. The zero-order chi connectivity index (χ0) is 32.6. The van der Waals surface area contributed by atoms with E-state index < -0.39 is 27.7 Å². The molecule has 1 aliphatic heterocycles. The highest BCUT2D eigenvalue weighted by atomic mass is 35.5. The maximum absolute atomic E-state index is 16.2. The van der Waals surface area contributed by atoms with Gasteiger partial charge in [0.2, 0.25) is 10.0 Å². The minimum atomic E-state index is -3.84. The summed E-state index contributed by atoms with van der Waals surface area (Å²) in [6, 6.07) is 21.2. The van der Waals surface area contributed by atoms with Crippen LogP contribution in [0.15, 0.2) is 77.7 Å². The van der Waals surface area contributed by atoms with Crippen molar-refractivity contribution in [1.29, 1.82) is 0 Å². The number of sulfonamides is 1. The lowest BCUT2D eigenvalue weighted by molar-refractivity contribution is 0.0943. The Hall–Kier alpha value is -3.97. The second-order valence-electron chi connectivity index (χ2n) is 11.2. The van der Waals surface area contributed by atoms with E-state index in [-0.39, 0.29) is 41.6 Å². The molecule has 3 aromatic carbocycles. The Morgan fingerprint density at radius 1 is 1.04 bits per heavy atom. The summed E-state index contributed by atoms with van der Waals surface area (Å²) in [7, 11) is 1.46. The quantitative estimate of drug-likeness (QED) is 0.182. The first-order valence-electron chi connectivity index (χ1n) is 14.7. The van der Waals surface area contributed by atoms with Crippen LogP contribution in [0.3, 0.4) is 0 Å². The molecule has 1 aliphatic rings. The van der Waals surface area contributed by atoms with Crippen LogP contribution in [0.1, 0.15) is 39.7 Å². The molecule has 0 aliphatic carbocycles. The average molecular weight is 682 g/mol. The number of methoxy groups -OCH3 is 1. The number of rotatable bonds is 9. The number of para-hydroxylation sites is 1. The van der Waals surface area contributed by atoms with Crippen molar-refractivity contribution in [1.82, 2.24) is 14.1 Å². The summed E-state index contributed by atoms with van der Waals surface area (Å²) < 4.78 is 52.6. The SMILES string of the molecule is COc1ccccc1C(=O)n1nc(C2CCN(S(=O)(=O)c3cccc4c(N(C)C)cccc34)CC2)c(F)c1NCc1ccc(Cl)s1. The molecule has 3 heterocycles. The van der Waals surface area contributed by atoms with Crippen molar-refractivity contribution in [2.45, 2.75) is 30.2 Å².